The number of benzene rings is 1. The van der Waals surface area contributed by atoms with Gasteiger partial charge in [-0.1, -0.05) is 51.1 Å². The first-order chi connectivity index (χ1) is 11.8. The van der Waals surface area contributed by atoms with Gasteiger partial charge in [-0.3, -0.25) is 4.79 Å². The quantitative estimate of drug-likeness (QED) is 0.694. The molecule has 146 valence electrons. The number of halogens is 3. The molecular formula is C19H28F3NO2Si. The second kappa shape index (κ2) is 7.35. The Labute approximate surface area is 154 Å². The summed E-state index contributed by atoms with van der Waals surface area (Å²) >= 11 is 0. The van der Waals surface area contributed by atoms with Crippen molar-refractivity contribution >= 4 is 14.2 Å². The van der Waals surface area contributed by atoms with Gasteiger partial charge in [0, 0.05) is 31.5 Å². The number of alkyl halides is 3. The highest BCUT2D eigenvalue weighted by Crippen LogP contribution is 2.39. The van der Waals surface area contributed by atoms with E-state index in [1.807, 2.05) is 30.3 Å². The summed E-state index contributed by atoms with van der Waals surface area (Å²) in [5.74, 6) is -2.04. The van der Waals surface area contributed by atoms with Gasteiger partial charge in [-0.2, -0.15) is 13.2 Å². The lowest BCUT2D eigenvalue weighted by Gasteiger charge is -2.37. The third-order valence-corrected chi connectivity index (χ3v) is 10.2. The SMILES string of the molecule is CC(C)(C)[Si](C)(C)OCC1CN(C(=O)C(F)(F)F)CC1c1ccccc1. The zero-order chi connectivity index (χ0) is 19.8. The number of carbonyl (C=O) groups excluding carboxylic acids is 1. The van der Waals surface area contributed by atoms with Crippen LogP contribution in [0.1, 0.15) is 32.3 Å². The van der Waals surface area contributed by atoms with Gasteiger partial charge in [-0.05, 0) is 23.7 Å². The standard InChI is InChI=1S/C19H28F3NO2Si/c1-18(2,3)26(4,5)25-13-15-11-23(17(24)19(20,21)22)12-16(15)14-9-7-6-8-10-14/h6-10,15-16H,11-13H2,1-5H3. The van der Waals surface area contributed by atoms with Crippen LogP contribution < -0.4 is 0 Å². The molecule has 0 aromatic heterocycles. The summed E-state index contributed by atoms with van der Waals surface area (Å²) in [4.78, 5) is 12.6. The molecule has 2 atom stereocenters. The first-order valence-electron chi connectivity index (χ1n) is 8.88. The van der Waals surface area contributed by atoms with Crippen LogP contribution in [0.15, 0.2) is 30.3 Å². The predicted molar refractivity (Wildman–Crippen MR) is 98.5 cm³/mol. The van der Waals surface area contributed by atoms with Crippen molar-refractivity contribution in [3.05, 3.63) is 35.9 Å². The van der Waals surface area contributed by atoms with Crippen molar-refractivity contribution in [2.75, 3.05) is 19.7 Å². The van der Waals surface area contributed by atoms with E-state index in [-0.39, 0.29) is 30.0 Å². The molecule has 3 nitrogen and oxygen atoms in total. The molecule has 0 bridgehead atoms. The molecule has 1 aliphatic heterocycles. The maximum Gasteiger partial charge on any atom is 0.471 e. The fourth-order valence-corrected chi connectivity index (χ4v) is 4.06. The molecule has 7 heteroatoms. The van der Waals surface area contributed by atoms with E-state index in [0.717, 1.165) is 10.5 Å². The van der Waals surface area contributed by atoms with Gasteiger partial charge in [0.1, 0.15) is 0 Å². The molecule has 1 aromatic rings. The molecule has 1 aliphatic rings. The molecule has 26 heavy (non-hydrogen) atoms. The van der Waals surface area contributed by atoms with Gasteiger partial charge in [-0.25, -0.2) is 0 Å². The van der Waals surface area contributed by atoms with Crippen LogP contribution in [-0.4, -0.2) is 45.0 Å². The minimum atomic E-state index is -4.84. The second-order valence-electron chi connectivity index (χ2n) is 8.56. The van der Waals surface area contributed by atoms with Gasteiger partial charge in [-0.15, -0.1) is 0 Å². The molecule has 2 rings (SSSR count). The van der Waals surface area contributed by atoms with E-state index in [2.05, 4.69) is 33.9 Å². The van der Waals surface area contributed by atoms with Crippen molar-refractivity contribution in [3.63, 3.8) is 0 Å². The second-order valence-corrected chi connectivity index (χ2v) is 13.4. The highest BCUT2D eigenvalue weighted by atomic mass is 28.4. The van der Waals surface area contributed by atoms with Crippen LogP contribution >= 0.6 is 0 Å². The summed E-state index contributed by atoms with van der Waals surface area (Å²) in [5, 5.41) is 0.0231. The van der Waals surface area contributed by atoms with Crippen molar-refractivity contribution in [3.8, 4) is 0 Å². The van der Waals surface area contributed by atoms with Crippen molar-refractivity contribution in [2.24, 2.45) is 5.92 Å². The van der Waals surface area contributed by atoms with Crippen LogP contribution in [0.3, 0.4) is 0 Å². The lowest BCUT2D eigenvalue weighted by atomic mass is 9.90. The molecule has 0 radical (unpaired) electrons. The number of nitrogens with zero attached hydrogens (tertiary/aromatic N) is 1. The number of hydrogen-bond acceptors (Lipinski definition) is 2. The van der Waals surface area contributed by atoms with E-state index in [9.17, 15) is 18.0 Å². The van der Waals surface area contributed by atoms with E-state index in [1.54, 1.807) is 0 Å². The van der Waals surface area contributed by atoms with Crippen molar-refractivity contribution in [2.45, 2.75) is 51.0 Å². The number of likely N-dealkylation sites (tertiary alicyclic amines) is 1. The summed E-state index contributed by atoms with van der Waals surface area (Å²) in [6.45, 7) is 11.2. The molecule has 1 heterocycles. The van der Waals surface area contributed by atoms with Crippen LogP contribution in [0, 0.1) is 5.92 Å². The smallest absolute Gasteiger partial charge is 0.416 e. The average Bonchev–Trinajstić information content (AvgIpc) is 2.95. The topological polar surface area (TPSA) is 29.5 Å². The van der Waals surface area contributed by atoms with Crippen molar-refractivity contribution in [1.82, 2.24) is 4.90 Å². The number of rotatable bonds is 4. The molecule has 0 spiro atoms. The Hall–Kier alpha value is -1.34. The Balaban J connectivity index is 2.19. The molecular weight excluding hydrogens is 359 g/mol. The Morgan fingerprint density at radius 3 is 2.23 bits per heavy atom. The van der Waals surface area contributed by atoms with Crippen molar-refractivity contribution < 1.29 is 22.4 Å². The fraction of sp³-hybridized carbons (Fsp3) is 0.632. The van der Waals surface area contributed by atoms with E-state index >= 15 is 0 Å². The third-order valence-electron chi connectivity index (χ3n) is 5.66. The Kier molecular flexibility index (Phi) is 5.92. The van der Waals surface area contributed by atoms with E-state index in [1.165, 1.54) is 0 Å². The first-order valence-corrected chi connectivity index (χ1v) is 11.8. The lowest BCUT2D eigenvalue weighted by molar-refractivity contribution is -0.184. The fourth-order valence-electron chi connectivity index (χ4n) is 3.00. The van der Waals surface area contributed by atoms with Crippen LogP contribution in [0.25, 0.3) is 0 Å². The van der Waals surface area contributed by atoms with Gasteiger partial charge in [0.15, 0.2) is 8.32 Å². The van der Waals surface area contributed by atoms with Crippen LogP contribution in [0.5, 0.6) is 0 Å². The van der Waals surface area contributed by atoms with E-state index < -0.39 is 20.4 Å². The first kappa shape index (κ1) is 21.0. The molecule has 1 aromatic carbocycles. The number of hydrogen-bond donors (Lipinski definition) is 0. The average molecular weight is 388 g/mol. The largest absolute Gasteiger partial charge is 0.471 e. The highest BCUT2D eigenvalue weighted by Gasteiger charge is 2.48. The summed E-state index contributed by atoms with van der Waals surface area (Å²) in [7, 11) is -2.01. The Morgan fingerprint density at radius 2 is 1.73 bits per heavy atom. The maximum absolute atomic E-state index is 12.9. The van der Waals surface area contributed by atoms with Crippen LogP contribution in [0.4, 0.5) is 13.2 Å². The summed E-state index contributed by atoms with van der Waals surface area (Å²) in [6.07, 6.45) is -4.84. The molecule has 0 N–H and O–H groups in total. The lowest BCUT2D eigenvalue weighted by Crippen LogP contribution is -2.43. The molecule has 1 fully saturated rings. The minimum Gasteiger partial charge on any atom is -0.416 e. The van der Waals surface area contributed by atoms with Gasteiger partial charge >= 0.3 is 12.1 Å². The zero-order valence-electron chi connectivity index (χ0n) is 16.1. The van der Waals surface area contributed by atoms with Crippen LogP contribution in [-0.2, 0) is 9.22 Å². The normalized spacial score (nSPS) is 21.9. The molecule has 0 saturated carbocycles. The van der Waals surface area contributed by atoms with Gasteiger partial charge in [0.2, 0.25) is 0 Å². The number of amides is 1. The molecule has 1 saturated heterocycles. The zero-order valence-corrected chi connectivity index (χ0v) is 17.1. The maximum atomic E-state index is 12.9. The Morgan fingerprint density at radius 1 is 1.15 bits per heavy atom. The van der Waals surface area contributed by atoms with Gasteiger partial charge in [0.25, 0.3) is 0 Å². The summed E-state index contributed by atoms with van der Waals surface area (Å²) in [5.41, 5.74) is 0.953. The molecule has 1 amide bonds. The van der Waals surface area contributed by atoms with E-state index in [0.29, 0.717) is 6.61 Å². The van der Waals surface area contributed by atoms with Gasteiger partial charge in [0.05, 0.1) is 0 Å². The molecule has 2 unspecified atom stereocenters. The summed E-state index contributed by atoms with van der Waals surface area (Å²) < 4.78 is 44.9. The predicted octanol–water partition coefficient (Wildman–Crippen LogP) is 4.81. The number of carbonyl (C=O) groups is 1. The van der Waals surface area contributed by atoms with Crippen molar-refractivity contribution in [1.29, 1.82) is 0 Å². The monoisotopic (exact) mass is 387 g/mol. The third kappa shape index (κ3) is 4.68. The highest BCUT2D eigenvalue weighted by molar-refractivity contribution is 6.74. The molecule has 0 aliphatic carbocycles. The van der Waals surface area contributed by atoms with Crippen LogP contribution in [0.2, 0.25) is 18.1 Å². The van der Waals surface area contributed by atoms with E-state index in [4.69, 9.17) is 4.43 Å². The summed E-state index contributed by atoms with van der Waals surface area (Å²) in [6, 6.07) is 9.43. The van der Waals surface area contributed by atoms with Gasteiger partial charge < -0.3 is 9.33 Å². The minimum absolute atomic E-state index is 0.0231. The Bertz CT molecular complexity index is 626.